The monoisotopic (exact) mass is 236 g/mol. The first kappa shape index (κ1) is 15.3. The van der Waals surface area contributed by atoms with Crippen molar-refractivity contribution in [2.75, 3.05) is 0 Å². The summed E-state index contributed by atoms with van der Waals surface area (Å²) in [6.07, 6.45) is 0.724. The maximum absolute atomic E-state index is 13.3. The standard InChI is InChI=1S/C13H12F2.C2H6/c1-9-4-6-12(7-5-9)11(3)13(15)8-10(2)14;1-2/h4-8H,2-3H2,1H3;1-2H3/b13-8+;. The zero-order valence-corrected chi connectivity index (χ0v) is 10.6. The van der Waals surface area contributed by atoms with Gasteiger partial charge >= 0.3 is 0 Å². The van der Waals surface area contributed by atoms with Crippen molar-refractivity contribution in [1.82, 2.24) is 0 Å². The van der Waals surface area contributed by atoms with Crippen LogP contribution in [0.3, 0.4) is 0 Å². The zero-order chi connectivity index (χ0) is 13.4. The molecule has 0 aliphatic rings. The van der Waals surface area contributed by atoms with Gasteiger partial charge in [0, 0.05) is 11.6 Å². The molecule has 2 heteroatoms. The molecule has 1 aromatic rings. The molecule has 0 unspecified atom stereocenters. The van der Waals surface area contributed by atoms with Crippen molar-refractivity contribution >= 4 is 5.57 Å². The molecule has 0 heterocycles. The lowest BCUT2D eigenvalue weighted by molar-refractivity contribution is 0.637. The van der Waals surface area contributed by atoms with Crippen LogP contribution in [0, 0.1) is 6.92 Å². The van der Waals surface area contributed by atoms with Crippen LogP contribution in [0.5, 0.6) is 0 Å². The number of aryl methyl sites for hydroxylation is 1. The van der Waals surface area contributed by atoms with Crippen LogP contribution in [0.15, 0.2) is 55.2 Å². The zero-order valence-electron chi connectivity index (χ0n) is 10.6. The summed E-state index contributed by atoms with van der Waals surface area (Å²) in [4.78, 5) is 0. The van der Waals surface area contributed by atoms with Crippen LogP contribution in [-0.2, 0) is 0 Å². The first-order valence-electron chi connectivity index (χ1n) is 5.48. The van der Waals surface area contributed by atoms with E-state index in [1.165, 1.54) is 0 Å². The van der Waals surface area contributed by atoms with Crippen molar-refractivity contribution in [2.45, 2.75) is 20.8 Å². The van der Waals surface area contributed by atoms with E-state index in [1.807, 2.05) is 32.9 Å². The molecule has 0 saturated carbocycles. The predicted molar refractivity (Wildman–Crippen MR) is 71.0 cm³/mol. The summed E-state index contributed by atoms with van der Waals surface area (Å²) in [6, 6.07) is 7.17. The highest BCUT2D eigenvalue weighted by molar-refractivity contribution is 5.75. The molecule has 0 spiro atoms. The normalized spacial score (nSPS) is 10.3. The largest absolute Gasteiger partial charge is 0.208 e. The Balaban J connectivity index is 0.00000121. The van der Waals surface area contributed by atoms with Gasteiger partial charge < -0.3 is 0 Å². The highest BCUT2D eigenvalue weighted by atomic mass is 19.1. The predicted octanol–water partition coefficient (Wildman–Crippen LogP) is 5.37. The third kappa shape index (κ3) is 5.25. The molecule has 17 heavy (non-hydrogen) atoms. The molecular formula is C15H18F2. The van der Waals surface area contributed by atoms with Gasteiger partial charge in [0.25, 0.3) is 0 Å². The van der Waals surface area contributed by atoms with Crippen molar-refractivity contribution in [1.29, 1.82) is 0 Å². The van der Waals surface area contributed by atoms with E-state index < -0.39 is 11.7 Å². The van der Waals surface area contributed by atoms with Crippen molar-refractivity contribution in [2.24, 2.45) is 0 Å². The number of benzene rings is 1. The second-order valence-electron chi connectivity index (χ2n) is 3.28. The molecule has 0 saturated heterocycles. The Bertz CT molecular complexity index is 411. The van der Waals surface area contributed by atoms with Crippen molar-refractivity contribution in [3.05, 3.63) is 66.3 Å². The average Bonchev–Trinajstić information content (AvgIpc) is 2.31. The highest BCUT2D eigenvalue weighted by Crippen LogP contribution is 2.23. The Morgan fingerprint density at radius 1 is 1.06 bits per heavy atom. The van der Waals surface area contributed by atoms with Gasteiger partial charge in [0.1, 0.15) is 11.7 Å². The Hall–Kier alpha value is -1.70. The van der Waals surface area contributed by atoms with Gasteiger partial charge in [0.2, 0.25) is 0 Å². The second kappa shape index (κ2) is 7.55. The molecule has 0 aromatic heterocycles. The topological polar surface area (TPSA) is 0 Å². The van der Waals surface area contributed by atoms with Gasteiger partial charge in [-0.3, -0.25) is 0 Å². The van der Waals surface area contributed by atoms with Crippen LogP contribution in [0.4, 0.5) is 8.78 Å². The Labute approximate surface area is 102 Å². The number of halogens is 2. The van der Waals surface area contributed by atoms with Gasteiger partial charge in [-0.15, -0.1) is 0 Å². The molecule has 1 aromatic carbocycles. The molecule has 0 fully saturated rings. The smallest absolute Gasteiger partial charge is 0.133 e. The Morgan fingerprint density at radius 2 is 1.53 bits per heavy atom. The van der Waals surface area contributed by atoms with Gasteiger partial charge in [-0.05, 0) is 12.5 Å². The first-order chi connectivity index (χ1) is 8.00. The van der Waals surface area contributed by atoms with Crippen molar-refractivity contribution < 1.29 is 8.78 Å². The lowest BCUT2D eigenvalue weighted by atomic mass is 10.0. The van der Waals surface area contributed by atoms with Gasteiger partial charge in [-0.25, -0.2) is 8.78 Å². The van der Waals surface area contributed by atoms with Crippen LogP contribution in [0.25, 0.3) is 5.57 Å². The van der Waals surface area contributed by atoms with Crippen LogP contribution in [0.1, 0.15) is 25.0 Å². The van der Waals surface area contributed by atoms with Crippen molar-refractivity contribution in [3.63, 3.8) is 0 Å². The molecule has 0 nitrogen and oxygen atoms in total. The molecular weight excluding hydrogens is 218 g/mol. The minimum atomic E-state index is -0.819. The Kier molecular flexibility index (Phi) is 6.80. The number of rotatable bonds is 3. The van der Waals surface area contributed by atoms with Crippen LogP contribution < -0.4 is 0 Å². The summed E-state index contributed by atoms with van der Waals surface area (Å²) in [5.74, 6) is -1.52. The fourth-order valence-electron chi connectivity index (χ4n) is 1.12. The van der Waals surface area contributed by atoms with Gasteiger partial charge in [-0.1, -0.05) is 56.8 Å². The molecule has 0 aliphatic heterocycles. The lowest BCUT2D eigenvalue weighted by Gasteiger charge is -2.03. The maximum Gasteiger partial charge on any atom is 0.133 e. The van der Waals surface area contributed by atoms with Crippen LogP contribution >= 0.6 is 0 Å². The molecule has 1 rings (SSSR count). The number of hydrogen-bond acceptors (Lipinski definition) is 0. The third-order valence-corrected chi connectivity index (χ3v) is 1.97. The summed E-state index contributed by atoms with van der Waals surface area (Å²) in [5.41, 5.74) is 1.87. The summed E-state index contributed by atoms with van der Waals surface area (Å²) in [7, 11) is 0. The van der Waals surface area contributed by atoms with E-state index in [1.54, 1.807) is 12.1 Å². The molecule has 0 bridgehead atoms. The van der Waals surface area contributed by atoms with E-state index in [4.69, 9.17) is 0 Å². The van der Waals surface area contributed by atoms with Crippen LogP contribution in [-0.4, -0.2) is 0 Å². The summed E-state index contributed by atoms with van der Waals surface area (Å²) < 4.78 is 25.6. The van der Waals surface area contributed by atoms with Crippen LogP contribution in [0.2, 0.25) is 0 Å². The van der Waals surface area contributed by atoms with Gasteiger partial charge in [0.15, 0.2) is 0 Å². The lowest BCUT2D eigenvalue weighted by Crippen LogP contribution is -1.84. The number of hydrogen-bond donors (Lipinski definition) is 0. The fraction of sp³-hybridized carbons (Fsp3) is 0.200. The van der Waals surface area contributed by atoms with E-state index in [0.717, 1.165) is 11.6 Å². The molecule has 0 atom stereocenters. The average molecular weight is 236 g/mol. The molecule has 0 aliphatic carbocycles. The SMILES string of the molecule is C=C(F)/C=C(/F)C(=C)c1ccc(C)cc1.CC. The summed E-state index contributed by atoms with van der Waals surface area (Å²) in [5, 5.41) is 0. The van der Waals surface area contributed by atoms with Crippen molar-refractivity contribution in [3.8, 4) is 0 Å². The molecule has 92 valence electrons. The molecule has 0 N–H and O–H groups in total. The number of allylic oxidation sites excluding steroid dienone is 4. The first-order valence-corrected chi connectivity index (χ1v) is 5.48. The Morgan fingerprint density at radius 3 is 1.94 bits per heavy atom. The quantitative estimate of drug-likeness (QED) is 0.619. The summed E-state index contributed by atoms with van der Waals surface area (Å²) in [6.45, 7) is 12.5. The molecule has 0 radical (unpaired) electrons. The fourth-order valence-corrected chi connectivity index (χ4v) is 1.12. The van der Waals surface area contributed by atoms with E-state index in [9.17, 15) is 8.78 Å². The third-order valence-electron chi connectivity index (χ3n) is 1.97. The van der Waals surface area contributed by atoms with Gasteiger partial charge in [-0.2, -0.15) is 0 Å². The molecule has 0 amide bonds. The van der Waals surface area contributed by atoms with E-state index >= 15 is 0 Å². The highest BCUT2D eigenvalue weighted by Gasteiger charge is 2.04. The summed E-state index contributed by atoms with van der Waals surface area (Å²) >= 11 is 0. The minimum absolute atomic E-state index is 0.161. The second-order valence-corrected chi connectivity index (χ2v) is 3.28. The van der Waals surface area contributed by atoms with E-state index in [2.05, 4.69) is 13.2 Å². The maximum atomic E-state index is 13.3. The van der Waals surface area contributed by atoms with Gasteiger partial charge in [0.05, 0.1) is 0 Å². The minimum Gasteiger partial charge on any atom is -0.208 e. The van der Waals surface area contributed by atoms with E-state index in [0.29, 0.717) is 5.56 Å². The van der Waals surface area contributed by atoms with E-state index in [-0.39, 0.29) is 5.57 Å².